The first kappa shape index (κ1) is 27.3. The smallest absolute Gasteiger partial charge is 0.255 e. The summed E-state index contributed by atoms with van der Waals surface area (Å²) in [5.74, 6) is -1.05. The molecule has 1 aliphatic heterocycles. The number of nitrogens with one attached hydrogen (secondary N) is 2. The van der Waals surface area contributed by atoms with E-state index in [1.807, 2.05) is 37.3 Å². The molecular weight excluding hydrogens is 479 g/mol. The summed E-state index contributed by atoms with van der Waals surface area (Å²) in [5, 5.41) is 5.81. The zero-order valence-corrected chi connectivity index (χ0v) is 22.5. The van der Waals surface area contributed by atoms with E-state index >= 15 is 0 Å². The monoisotopic (exact) mass is 516 g/mol. The van der Waals surface area contributed by atoms with E-state index in [0.717, 1.165) is 62.4 Å². The van der Waals surface area contributed by atoms with Crippen molar-refractivity contribution in [1.82, 2.24) is 4.90 Å². The van der Waals surface area contributed by atoms with E-state index in [1.54, 1.807) is 18.2 Å². The van der Waals surface area contributed by atoms with Crippen LogP contribution >= 0.6 is 0 Å². The van der Waals surface area contributed by atoms with Crippen LogP contribution in [0.15, 0.2) is 60.7 Å². The van der Waals surface area contributed by atoms with Crippen LogP contribution in [-0.4, -0.2) is 42.9 Å². The summed E-state index contributed by atoms with van der Waals surface area (Å²) in [6.45, 7) is 10.7. The van der Waals surface area contributed by atoms with Gasteiger partial charge in [-0.1, -0.05) is 32.0 Å². The average Bonchev–Trinajstić information content (AvgIpc) is 2.94. The molecule has 2 amide bonds. The third-order valence-electron chi connectivity index (χ3n) is 7.13. The molecule has 0 aromatic heterocycles. The van der Waals surface area contributed by atoms with E-state index in [2.05, 4.69) is 34.3 Å². The highest BCUT2D eigenvalue weighted by Gasteiger charge is 2.16. The van der Waals surface area contributed by atoms with Gasteiger partial charge >= 0.3 is 0 Å². The molecule has 1 heterocycles. The van der Waals surface area contributed by atoms with Crippen LogP contribution in [0.1, 0.15) is 65.0 Å². The molecule has 1 aliphatic rings. The predicted octanol–water partition coefficient (Wildman–Crippen LogP) is 6.47. The Bertz CT molecular complexity index is 1270. The van der Waals surface area contributed by atoms with E-state index in [0.29, 0.717) is 16.9 Å². The molecule has 0 aliphatic carbocycles. The topological polar surface area (TPSA) is 64.7 Å². The number of amides is 2. The van der Waals surface area contributed by atoms with Crippen molar-refractivity contribution >= 4 is 28.9 Å². The second-order valence-corrected chi connectivity index (χ2v) is 9.84. The van der Waals surface area contributed by atoms with Gasteiger partial charge in [-0.15, -0.1) is 0 Å². The van der Waals surface area contributed by atoms with Gasteiger partial charge in [0.05, 0.1) is 0 Å². The van der Waals surface area contributed by atoms with Crippen LogP contribution in [0.5, 0.6) is 0 Å². The fraction of sp³-hybridized carbons (Fsp3) is 0.355. The molecule has 2 N–H and O–H groups in total. The SMILES string of the molecule is CCN(CC)Cc1ccc(C(=O)Nc2cc(NC(=O)c3cc(F)cc(N4CCCCC4)c3)ccc2C)cc1. The van der Waals surface area contributed by atoms with Crippen molar-refractivity contribution in [3.05, 3.63) is 88.7 Å². The number of carbonyl (C=O) groups excluding carboxylic acids is 2. The number of nitrogens with zero attached hydrogens (tertiary/aromatic N) is 2. The average molecular weight is 517 g/mol. The minimum absolute atomic E-state index is 0.220. The Balaban J connectivity index is 1.44. The van der Waals surface area contributed by atoms with Gasteiger partial charge in [-0.25, -0.2) is 4.39 Å². The summed E-state index contributed by atoms with van der Waals surface area (Å²) >= 11 is 0. The second kappa shape index (κ2) is 12.7. The first-order valence-corrected chi connectivity index (χ1v) is 13.5. The molecule has 0 unspecified atom stereocenters. The zero-order chi connectivity index (χ0) is 27.1. The lowest BCUT2D eigenvalue weighted by molar-refractivity contribution is 0.101. The van der Waals surface area contributed by atoms with Crippen LogP contribution in [0.3, 0.4) is 0 Å². The molecule has 200 valence electrons. The normalized spacial score (nSPS) is 13.4. The molecule has 38 heavy (non-hydrogen) atoms. The fourth-order valence-electron chi connectivity index (χ4n) is 4.74. The quantitative estimate of drug-likeness (QED) is 0.342. The summed E-state index contributed by atoms with van der Waals surface area (Å²) in [5.41, 5.74) is 4.71. The molecule has 0 spiro atoms. The van der Waals surface area contributed by atoms with Gasteiger partial charge in [0.25, 0.3) is 11.8 Å². The molecule has 6 nitrogen and oxygen atoms in total. The Labute approximate surface area is 224 Å². The minimum Gasteiger partial charge on any atom is -0.371 e. The summed E-state index contributed by atoms with van der Waals surface area (Å²) in [4.78, 5) is 30.4. The highest BCUT2D eigenvalue weighted by Crippen LogP contribution is 2.25. The van der Waals surface area contributed by atoms with Gasteiger partial charge in [-0.3, -0.25) is 14.5 Å². The van der Waals surface area contributed by atoms with Crippen LogP contribution in [-0.2, 0) is 6.54 Å². The van der Waals surface area contributed by atoms with E-state index in [-0.39, 0.29) is 11.5 Å². The molecule has 1 fully saturated rings. The van der Waals surface area contributed by atoms with Crippen molar-refractivity contribution < 1.29 is 14.0 Å². The fourth-order valence-corrected chi connectivity index (χ4v) is 4.74. The van der Waals surface area contributed by atoms with E-state index in [9.17, 15) is 14.0 Å². The van der Waals surface area contributed by atoms with Crippen LogP contribution in [0.25, 0.3) is 0 Å². The van der Waals surface area contributed by atoms with Crippen LogP contribution in [0.4, 0.5) is 21.5 Å². The lowest BCUT2D eigenvalue weighted by Gasteiger charge is -2.29. The van der Waals surface area contributed by atoms with E-state index < -0.39 is 11.7 Å². The molecule has 3 aromatic carbocycles. The number of rotatable bonds is 9. The standard InChI is InChI=1S/C31H37FN4O2/c1-4-35(5-2)21-23-10-12-24(13-11-23)30(37)34-29-20-27(14-9-22(29)3)33-31(38)25-17-26(32)19-28(18-25)36-15-7-6-8-16-36/h9-14,17-20H,4-8,15-16,21H2,1-3H3,(H,33,38)(H,34,37). The van der Waals surface area contributed by atoms with Gasteiger partial charge in [-0.2, -0.15) is 0 Å². The second-order valence-electron chi connectivity index (χ2n) is 9.84. The summed E-state index contributed by atoms with van der Waals surface area (Å²) in [7, 11) is 0. The Morgan fingerprint density at radius 2 is 1.53 bits per heavy atom. The highest BCUT2D eigenvalue weighted by molar-refractivity contribution is 6.07. The maximum Gasteiger partial charge on any atom is 0.255 e. The van der Waals surface area contributed by atoms with Crippen molar-refractivity contribution in [2.24, 2.45) is 0 Å². The molecule has 0 bridgehead atoms. The highest BCUT2D eigenvalue weighted by atomic mass is 19.1. The van der Waals surface area contributed by atoms with Gasteiger partial charge in [0.1, 0.15) is 5.82 Å². The number of carbonyl (C=O) groups is 2. The number of halogens is 1. The molecule has 4 rings (SSSR count). The molecular formula is C31H37FN4O2. The largest absolute Gasteiger partial charge is 0.371 e. The summed E-state index contributed by atoms with van der Waals surface area (Å²) in [6, 6.07) is 17.4. The zero-order valence-electron chi connectivity index (χ0n) is 22.5. The number of hydrogen-bond acceptors (Lipinski definition) is 4. The lowest BCUT2D eigenvalue weighted by Crippen LogP contribution is -2.29. The van der Waals surface area contributed by atoms with E-state index in [4.69, 9.17) is 0 Å². The Kier molecular flexibility index (Phi) is 9.13. The molecule has 3 aromatic rings. The van der Waals surface area contributed by atoms with Gasteiger partial charge < -0.3 is 15.5 Å². The van der Waals surface area contributed by atoms with Crippen molar-refractivity contribution in [3.63, 3.8) is 0 Å². The minimum atomic E-state index is -0.432. The maximum absolute atomic E-state index is 14.4. The number of aryl methyl sites for hydroxylation is 1. The Hall–Kier alpha value is -3.71. The number of piperidine rings is 1. The molecule has 7 heteroatoms. The van der Waals surface area contributed by atoms with E-state index in [1.165, 1.54) is 18.6 Å². The molecule has 0 radical (unpaired) electrons. The van der Waals surface area contributed by atoms with Crippen LogP contribution < -0.4 is 15.5 Å². The predicted molar refractivity (Wildman–Crippen MR) is 153 cm³/mol. The van der Waals surface area contributed by atoms with Crippen molar-refractivity contribution in [2.75, 3.05) is 41.7 Å². The molecule has 1 saturated heterocycles. The van der Waals surface area contributed by atoms with Crippen LogP contribution in [0, 0.1) is 12.7 Å². The summed E-state index contributed by atoms with van der Waals surface area (Å²) < 4.78 is 14.4. The summed E-state index contributed by atoms with van der Waals surface area (Å²) in [6.07, 6.45) is 3.31. The third kappa shape index (κ3) is 6.98. The van der Waals surface area contributed by atoms with Gasteiger partial charge in [0, 0.05) is 47.8 Å². The number of benzene rings is 3. The van der Waals surface area contributed by atoms with Crippen LogP contribution in [0.2, 0.25) is 0 Å². The van der Waals surface area contributed by atoms with Crippen molar-refractivity contribution in [3.8, 4) is 0 Å². The number of anilines is 3. The van der Waals surface area contributed by atoms with Gasteiger partial charge in [0.15, 0.2) is 0 Å². The molecule has 0 atom stereocenters. The van der Waals surface area contributed by atoms with Gasteiger partial charge in [0.2, 0.25) is 0 Å². The van der Waals surface area contributed by atoms with Crippen molar-refractivity contribution in [1.29, 1.82) is 0 Å². The first-order valence-electron chi connectivity index (χ1n) is 13.5. The first-order chi connectivity index (χ1) is 18.4. The number of hydrogen-bond donors (Lipinski definition) is 2. The third-order valence-corrected chi connectivity index (χ3v) is 7.13. The van der Waals surface area contributed by atoms with Crippen molar-refractivity contribution in [2.45, 2.75) is 46.6 Å². The van der Waals surface area contributed by atoms with Gasteiger partial charge in [-0.05, 0) is 92.9 Å². The Morgan fingerprint density at radius 1 is 0.842 bits per heavy atom. The Morgan fingerprint density at radius 3 is 2.21 bits per heavy atom. The maximum atomic E-state index is 14.4. The molecule has 0 saturated carbocycles. The lowest BCUT2D eigenvalue weighted by atomic mass is 10.1.